The number of piperidine rings is 1. The van der Waals surface area contributed by atoms with Gasteiger partial charge in [-0.15, -0.1) is 0 Å². The minimum Gasteiger partial charge on any atom is -0.306 e. The first-order chi connectivity index (χ1) is 16.1. The van der Waals surface area contributed by atoms with Crippen molar-refractivity contribution in [2.75, 3.05) is 20.1 Å². The van der Waals surface area contributed by atoms with Crippen LogP contribution in [-0.2, 0) is 0 Å². The van der Waals surface area contributed by atoms with E-state index in [4.69, 9.17) is 5.10 Å². The molecule has 33 heavy (non-hydrogen) atoms. The van der Waals surface area contributed by atoms with Crippen LogP contribution >= 0.6 is 11.8 Å². The number of aromatic nitrogens is 5. The highest BCUT2D eigenvalue weighted by atomic mass is 32.2. The largest absolute Gasteiger partial charge is 0.306 e. The van der Waals surface area contributed by atoms with Crippen molar-refractivity contribution in [3.05, 3.63) is 59.9 Å². The first-order valence-electron chi connectivity index (χ1n) is 10.8. The van der Waals surface area contributed by atoms with Crippen LogP contribution in [0.5, 0.6) is 0 Å². The van der Waals surface area contributed by atoms with Gasteiger partial charge in [0.25, 0.3) is 0 Å². The van der Waals surface area contributed by atoms with Gasteiger partial charge in [0.15, 0.2) is 0 Å². The third kappa shape index (κ3) is 3.86. The molecule has 4 aromatic rings. The summed E-state index contributed by atoms with van der Waals surface area (Å²) in [5.41, 5.74) is 4.88. The molecule has 0 saturated carbocycles. The predicted octanol–water partition coefficient (Wildman–Crippen LogP) is 4.06. The Kier molecular flexibility index (Phi) is 5.59. The number of fused-ring (bicyclic) bond motifs is 1. The second-order valence-electron chi connectivity index (χ2n) is 8.26. The van der Waals surface area contributed by atoms with Gasteiger partial charge in [-0.1, -0.05) is 11.8 Å². The fraction of sp³-hybridized carbons (Fsp3) is 0.292. The topological polar surface area (TPSA) is 98.8 Å². The number of hydrogen-bond donors (Lipinski definition) is 0. The van der Waals surface area contributed by atoms with E-state index in [0.29, 0.717) is 17.2 Å². The van der Waals surface area contributed by atoms with Crippen molar-refractivity contribution in [2.24, 2.45) is 0 Å². The van der Waals surface area contributed by atoms with Gasteiger partial charge in [-0.05, 0) is 52.0 Å². The quantitative estimate of drug-likeness (QED) is 0.458. The first kappa shape index (κ1) is 21.2. The fourth-order valence-corrected chi connectivity index (χ4v) is 5.44. The number of likely N-dealkylation sites (tertiary alicyclic amines) is 1. The van der Waals surface area contributed by atoms with Gasteiger partial charge < -0.3 is 4.90 Å². The normalized spacial score (nSPS) is 14.9. The Morgan fingerprint density at radius 1 is 1.03 bits per heavy atom. The summed E-state index contributed by atoms with van der Waals surface area (Å²) in [5, 5.41) is 28.3. The van der Waals surface area contributed by atoms with Gasteiger partial charge in [-0.25, -0.2) is 4.52 Å². The smallest absolute Gasteiger partial charge is 0.103 e. The maximum Gasteiger partial charge on any atom is 0.103 e. The Hall–Kier alpha value is -3.66. The molecule has 0 spiro atoms. The van der Waals surface area contributed by atoms with E-state index in [0.717, 1.165) is 58.1 Å². The second kappa shape index (κ2) is 8.70. The van der Waals surface area contributed by atoms with Gasteiger partial charge in [-0.3, -0.25) is 9.67 Å². The predicted molar refractivity (Wildman–Crippen MR) is 125 cm³/mol. The Morgan fingerprint density at radius 3 is 2.58 bits per heavy atom. The van der Waals surface area contributed by atoms with Crippen LogP contribution in [0.2, 0.25) is 0 Å². The number of rotatable bonds is 4. The summed E-state index contributed by atoms with van der Waals surface area (Å²) >= 11 is 1.42. The van der Waals surface area contributed by atoms with E-state index in [2.05, 4.69) is 51.8 Å². The molecule has 4 aromatic heterocycles. The highest BCUT2D eigenvalue weighted by Crippen LogP contribution is 2.38. The van der Waals surface area contributed by atoms with E-state index in [-0.39, 0.29) is 0 Å². The number of pyridine rings is 2. The van der Waals surface area contributed by atoms with Gasteiger partial charge in [-0.2, -0.15) is 20.7 Å². The van der Waals surface area contributed by atoms with Crippen LogP contribution in [0.1, 0.15) is 35.7 Å². The minimum atomic E-state index is 0.399. The lowest BCUT2D eigenvalue weighted by Gasteiger charge is -2.29. The van der Waals surface area contributed by atoms with Gasteiger partial charge in [0.1, 0.15) is 12.1 Å². The van der Waals surface area contributed by atoms with Crippen LogP contribution in [0.25, 0.3) is 16.6 Å². The molecule has 0 N–H and O–H groups in total. The zero-order valence-corrected chi connectivity index (χ0v) is 19.2. The average molecular weight is 455 g/mol. The molecule has 164 valence electrons. The Labute approximate surface area is 196 Å². The van der Waals surface area contributed by atoms with Crippen molar-refractivity contribution >= 4 is 17.3 Å². The van der Waals surface area contributed by atoms with Crippen molar-refractivity contribution in [3.8, 4) is 23.3 Å². The van der Waals surface area contributed by atoms with Gasteiger partial charge in [0.05, 0.1) is 35.1 Å². The van der Waals surface area contributed by atoms with Crippen molar-refractivity contribution in [3.63, 3.8) is 0 Å². The average Bonchev–Trinajstić information content (AvgIpc) is 3.43. The van der Waals surface area contributed by atoms with Gasteiger partial charge in [0.2, 0.25) is 0 Å². The summed E-state index contributed by atoms with van der Waals surface area (Å²) in [6.07, 6.45) is 10.9. The maximum atomic E-state index is 9.62. The van der Waals surface area contributed by atoms with Crippen molar-refractivity contribution in [1.82, 2.24) is 29.3 Å². The molecule has 0 aromatic carbocycles. The molecule has 0 bridgehead atoms. The first-order valence-corrected chi connectivity index (χ1v) is 11.6. The molecule has 0 aliphatic carbocycles. The van der Waals surface area contributed by atoms with E-state index in [1.807, 2.05) is 12.4 Å². The zero-order valence-electron chi connectivity index (χ0n) is 18.4. The number of hydrogen-bond acceptors (Lipinski definition) is 7. The van der Waals surface area contributed by atoms with Crippen molar-refractivity contribution < 1.29 is 0 Å². The lowest BCUT2D eigenvalue weighted by molar-refractivity contribution is 0.210. The maximum absolute atomic E-state index is 9.62. The number of nitriles is 2. The molecule has 5 heterocycles. The Balaban J connectivity index is 1.60. The van der Waals surface area contributed by atoms with Crippen LogP contribution < -0.4 is 0 Å². The molecule has 1 aliphatic heterocycles. The third-order valence-electron chi connectivity index (χ3n) is 6.21. The van der Waals surface area contributed by atoms with E-state index in [1.54, 1.807) is 29.2 Å². The van der Waals surface area contributed by atoms with Crippen LogP contribution in [0.4, 0.5) is 0 Å². The second-order valence-corrected chi connectivity index (χ2v) is 9.35. The summed E-state index contributed by atoms with van der Waals surface area (Å²) in [6, 6.07) is 8.60. The SMILES string of the molecule is Cc1c(-c2cc(Sc3cnccc3C#N)c3c(C#N)cnn3c2)cnn1C1CCN(C)CC1. The van der Waals surface area contributed by atoms with E-state index < -0.39 is 0 Å². The number of nitrogens with zero attached hydrogens (tertiary/aromatic N) is 8. The summed E-state index contributed by atoms with van der Waals surface area (Å²) in [5.74, 6) is 0. The molecule has 9 heteroatoms. The molecule has 0 radical (unpaired) electrons. The van der Waals surface area contributed by atoms with Crippen LogP contribution in [0.3, 0.4) is 0 Å². The fourth-order valence-electron chi connectivity index (χ4n) is 4.38. The van der Waals surface area contributed by atoms with Crippen molar-refractivity contribution in [1.29, 1.82) is 10.5 Å². The Morgan fingerprint density at radius 2 is 1.82 bits per heavy atom. The summed E-state index contributed by atoms with van der Waals surface area (Å²) in [6.45, 7) is 4.25. The molecule has 1 fully saturated rings. The van der Waals surface area contributed by atoms with Gasteiger partial charge in [0, 0.05) is 45.2 Å². The lowest BCUT2D eigenvalue weighted by atomic mass is 10.0. The van der Waals surface area contributed by atoms with E-state index >= 15 is 0 Å². The highest BCUT2D eigenvalue weighted by molar-refractivity contribution is 7.99. The molecule has 5 rings (SSSR count). The molecule has 1 aliphatic rings. The molecule has 0 amide bonds. The Bertz CT molecular complexity index is 1410. The lowest BCUT2D eigenvalue weighted by Crippen LogP contribution is -2.32. The zero-order chi connectivity index (χ0) is 22.9. The highest BCUT2D eigenvalue weighted by Gasteiger charge is 2.23. The van der Waals surface area contributed by atoms with Crippen LogP contribution in [0.15, 0.2) is 52.9 Å². The van der Waals surface area contributed by atoms with E-state index in [9.17, 15) is 10.5 Å². The van der Waals surface area contributed by atoms with E-state index in [1.165, 1.54) is 11.8 Å². The summed E-state index contributed by atoms with van der Waals surface area (Å²) in [4.78, 5) is 8.12. The third-order valence-corrected chi connectivity index (χ3v) is 7.29. The van der Waals surface area contributed by atoms with Gasteiger partial charge >= 0.3 is 0 Å². The summed E-state index contributed by atoms with van der Waals surface area (Å²) < 4.78 is 3.89. The van der Waals surface area contributed by atoms with Crippen LogP contribution in [0, 0.1) is 29.6 Å². The molecule has 0 unspecified atom stereocenters. The van der Waals surface area contributed by atoms with Crippen LogP contribution in [-0.4, -0.2) is 49.4 Å². The standard InChI is InChI=1S/C24H22N8S/c1-16-21(13-29-32(16)20-4-7-30(2)8-5-20)18-9-22(24-19(11-26)12-28-31(24)15-18)33-23-14-27-6-3-17(23)10-25/h3,6,9,12-15,20H,4-5,7-8H2,1-2H3. The molecule has 8 nitrogen and oxygen atoms in total. The minimum absolute atomic E-state index is 0.399. The molecular formula is C24H22N8S. The molecular weight excluding hydrogens is 432 g/mol. The summed E-state index contributed by atoms with van der Waals surface area (Å²) in [7, 11) is 2.16. The monoisotopic (exact) mass is 454 g/mol. The molecule has 1 saturated heterocycles. The molecule has 0 atom stereocenters. The van der Waals surface area contributed by atoms with Crippen molar-refractivity contribution in [2.45, 2.75) is 35.6 Å².